The first kappa shape index (κ1) is 90.3. The summed E-state index contributed by atoms with van der Waals surface area (Å²) in [6.07, 6.45) is -61.5. The molecule has 0 aromatic rings. The number of hydrogen-bond acceptors (Lipinski definition) is 41. The third-order valence-corrected chi connectivity index (χ3v) is 20.5. The number of esters is 1. The van der Waals surface area contributed by atoms with Gasteiger partial charge in [0.1, 0.15) is 196 Å². The molecule has 105 heavy (non-hydrogen) atoms. The zero-order valence-electron chi connectivity index (χ0n) is 57.7. The fourth-order valence-electron chi connectivity index (χ4n) is 12.9. The van der Waals surface area contributed by atoms with Crippen LogP contribution in [0, 0.1) is 0 Å². The zero-order chi connectivity index (χ0) is 77.3. The normalized spacial score (nSPS) is 44.4. The minimum absolute atomic E-state index is 0.00623. The zero-order valence-corrected chi connectivity index (χ0v) is 58.6. The van der Waals surface area contributed by atoms with E-state index >= 15 is 0 Å². The second-order valence-electron chi connectivity index (χ2n) is 27.5. The summed E-state index contributed by atoms with van der Waals surface area (Å²) < 4.78 is 96.2. The van der Waals surface area contributed by atoms with Crippen molar-refractivity contribution in [3.05, 3.63) is 0 Å². The Hall–Kier alpha value is -1.86. The lowest BCUT2D eigenvalue weighted by molar-refractivity contribution is -0.365. The molecular weight excluding hydrogens is 1450 g/mol. The van der Waals surface area contributed by atoms with Crippen molar-refractivity contribution in [3.63, 3.8) is 0 Å². The summed E-state index contributed by atoms with van der Waals surface area (Å²) in [6, 6.07) is 0. The van der Waals surface area contributed by atoms with Gasteiger partial charge in [0.25, 0.3) is 0 Å². The quantitative estimate of drug-likeness (QED) is 0.0154. The van der Waals surface area contributed by atoms with E-state index in [0.29, 0.717) is 6.42 Å². The maximum atomic E-state index is 13.8. The van der Waals surface area contributed by atoms with Crippen LogP contribution in [0.2, 0.25) is 0 Å². The first-order valence-electron chi connectivity index (χ1n) is 35.5. The second-order valence-corrected chi connectivity index (χ2v) is 28.9. The SMILES string of the molecule is CCCCCCCCCCCCCCCCC(=O)OC[C@@H](O)COP(=O)(O)O[C@@H]1C(O[C@@H]2OC(CO[C@@H]3OC(CO[C@@H]4OC(CO[C@@H]5OC(CO[C@@H]6OC(CO)[C@H](O)C(O)[C@@H]6O)[C@H](O)C(O)[C@@H]5O)[C@H](O)C(O)[C@@H]4O)[C@H](O)C(O)[C@@H]3O)[C@H](O)C(O)[C@@H]2O)C(O)[C@@H](O)C(O)[C@H]1O[C@H]1OC(CO)[C@@H](O)C(O)[C@H]1O. The van der Waals surface area contributed by atoms with Crippen molar-refractivity contribution < 1.29 is 207 Å². The van der Waals surface area contributed by atoms with Crippen LogP contribution < -0.4 is 0 Å². The molecule has 7 rings (SSSR count). The lowest BCUT2D eigenvalue weighted by Crippen LogP contribution is -2.69. The van der Waals surface area contributed by atoms with Gasteiger partial charge < -0.3 is 189 Å². The molecule has 0 radical (unpaired) electrons. The Labute approximate surface area is 602 Å². The molecule has 42 nitrogen and oxygen atoms in total. The molecule has 1 aliphatic carbocycles. The highest BCUT2D eigenvalue weighted by Crippen LogP contribution is 2.49. The molecule has 7 fully saturated rings. The molecule has 0 aromatic carbocycles. The molecule has 25 N–H and O–H groups in total. The van der Waals surface area contributed by atoms with Crippen LogP contribution in [0.25, 0.3) is 0 Å². The molecule has 7 aliphatic rings. The molecule has 6 aliphatic heterocycles. The maximum Gasteiger partial charge on any atom is 0.472 e. The molecule has 38 atom stereocenters. The van der Waals surface area contributed by atoms with Crippen molar-refractivity contribution in [1.29, 1.82) is 0 Å². The van der Waals surface area contributed by atoms with Gasteiger partial charge in [-0.1, -0.05) is 90.4 Å². The monoisotopic (exact) mass is 1560 g/mol. The summed E-state index contributed by atoms with van der Waals surface area (Å²) in [5.41, 5.74) is 0. The summed E-state index contributed by atoms with van der Waals surface area (Å²) in [5, 5.41) is 258. The molecular formula is C62H111O42P. The fraction of sp³-hybridized carbons (Fsp3) is 0.984. The van der Waals surface area contributed by atoms with Crippen LogP contribution in [-0.4, -0.2) is 413 Å². The van der Waals surface area contributed by atoms with Gasteiger partial charge >= 0.3 is 13.8 Å². The van der Waals surface area contributed by atoms with Gasteiger partial charge in [0, 0.05) is 6.42 Å². The highest BCUT2D eigenvalue weighted by Gasteiger charge is 2.59. The Balaban J connectivity index is 0.951. The molecule has 1 saturated carbocycles. The molecule has 0 amide bonds. The number of hydrogen-bond donors (Lipinski definition) is 25. The number of aliphatic hydroxyl groups excluding tert-OH is 24. The minimum atomic E-state index is -5.75. The van der Waals surface area contributed by atoms with Crippen LogP contribution in [0.3, 0.4) is 0 Å². The van der Waals surface area contributed by atoms with Crippen LogP contribution in [0.1, 0.15) is 103 Å². The van der Waals surface area contributed by atoms with Gasteiger partial charge in [-0.05, 0) is 6.42 Å². The Morgan fingerprint density at radius 3 is 0.933 bits per heavy atom. The molecule has 43 heteroatoms. The van der Waals surface area contributed by atoms with E-state index in [1.807, 2.05) is 0 Å². The van der Waals surface area contributed by atoms with Gasteiger partial charge in [0.05, 0.1) is 46.2 Å². The van der Waals surface area contributed by atoms with E-state index in [0.717, 1.165) is 32.1 Å². The highest BCUT2D eigenvalue weighted by atomic mass is 31.2. The first-order chi connectivity index (χ1) is 49.8. The summed E-state index contributed by atoms with van der Waals surface area (Å²) in [5.74, 6) is -0.701. The van der Waals surface area contributed by atoms with Gasteiger partial charge in [-0.2, -0.15) is 0 Å². The number of carbonyl (C=O) groups is 1. The van der Waals surface area contributed by atoms with Crippen LogP contribution in [-0.2, 0) is 80.0 Å². The van der Waals surface area contributed by atoms with E-state index in [1.54, 1.807) is 0 Å². The van der Waals surface area contributed by atoms with Crippen molar-refractivity contribution in [2.75, 3.05) is 52.9 Å². The van der Waals surface area contributed by atoms with E-state index in [1.165, 1.54) is 51.4 Å². The van der Waals surface area contributed by atoms with Crippen molar-refractivity contribution in [2.24, 2.45) is 0 Å². The van der Waals surface area contributed by atoms with Crippen LogP contribution in [0.5, 0.6) is 0 Å². The van der Waals surface area contributed by atoms with E-state index in [4.69, 9.17) is 70.6 Å². The predicted molar refractivity (Wildman–Crippen MR) is 338 cm³/mol. The van der Waals surface area contributed by atoms with E-state index in [9.17, 15) is 137 Å². The lowest BCUT2D eigenvalue weighted by atomic mass is 9.84. The summed E-state index contributed by atoms with van der Waals surface area (Å²) in [7, 11) is -5.75. The van der Waals surface area contributed by atoms with Gasteiger partial charge in [-0.3, -0.25) is 13.8 Å². The minimum Gasteiger partial charge on any atom is -0.463 e. The fourth-order valence-corrected chi connectivity index (χ4v) is 13.9. The number of rotatable bonds is 40. The molecule has 0 spiro atoms. The third-order valence-electron chi connectivity index (χ3n) is 19.5. The number of phosphoric acid groups is 1. The summed E-state index contributed by atoms with van der Waals surface area (Å²) in [6.45, 7) is -5.14. The Morgan fingerprint density at radius 2 is 0.610 bits per heavy atom. The van der Waals surface area contributed by atoms with Crippen LogP contribution in [0.15, 0.2) is 0 Å². The lowest BCUT2D eigenvalue weighted by Gasteiger charge is -2.49. The largest absolute Gasteiger partial charge is 0.472 e. The Kier molecular flexibility index (Phi) is 36.9. The van der Waals surface area contributed by atoms with Crippen LogP contribution >= 0.6 is 7.82 Å². The number of ether oxygens (including phenoxy) is 13. The molecule has 0 bridgehead atoms. The number of unbranched alkanes of at least 4 members (excludes halogenated alkanes) is 13. The van der Waals surface area contributed by atoms with E-state index in [-0.39, 0.29) is 6.42 Å². The molecule has 16 unspecified atom stereocenters. The average Bonchev–Trinajstić information content (AvgIpc) is 0.757. The Morgan fingerprint density at radius 1 is 0.343 bits per heavy atom. The highest BCUT2D eigenvalue weighted by molar-refractivity contribution is 7.47. The Bertz CT molecular complexity index is 2530. The average molecular weight is 1560 g/mol. The molecule has 0 aromatic heterocycles. The first-order valence-corrected chi connectivity index (χ1v) is 37.0. The number of phosphoric ester groups is 1. The van der Waals surface area contributed by atoms with Gasteiger partial charge in [-0.15, -0.1) is 0 Å². The maximum absolute atomic E-state index is 13.8. The standard InChI is InChI=1S/C62H111O42P/c1-2-3-4-5-6-7-8-9-10-11-12-13-14-15-16-32(66)90-19-25(65)20-95-105(88,89)104-56-54(102-61-52(86)40(74)34(68)27(18-64)97-61)46(80)45(79)47(81)55(56)103-62-53(87)44(78)38(72)31(101-62)24-94-60-51(85)43(77)37(71)30(100-60)23-93-59-50(84)42(76)36(70)29(99-59)22-92-58-49(83)41(75)35(69)28(98-58)21-91-57-48(82)39(73)33(67)26(17-63)96-57/h25-31,33-65,67-87H,2-24H2,1H3,(H,88,89)/t25-,26?,27?,28?,29?,30?,31?,33+,34-,35+,36+,37+,38+,39?,40?,41?,42?,43?,44?,45+,46?,47?,48+,49+,50+,51+,52-,53+,54-,55?,56+,57-,58-,59-,60-,61-,62+/m1/s1. The van der Waals surface area contributed by atoms with Gasteiger partial charge in [0.15, 0.2) is 37.7 Å². The van der Waals surface area contributed by atoms with Crippen molar-refractivity contribution in [3.8, 4) is 0 Å². The van der Waals surface area contributed by atoms with E-state index in [2.05, 4.69) is 6.92 Å². The summed E-state index contributed by atoms with van der Waals surface area (Å²) in [4.78, 5) is 23.7. The summed E-state index contributed by atoms with van der Waals surface area (Å²) >= 11 is 0. The van der Waals surface area contributed by atoms with Crippen molar-refractivity contribution in [1.82, 2.24) is 0 Å². The van der Waals surface area contributed by atoms with Gasteiger partial charge in [0.2, 0.25) is 0 Å². The topological polar surface area (TPSA) is 678 Å². The number of carbonyl (C=O) groups excluding carboxylic acids is 1. The van der Waals surface area contributed by atoms with Crippen molar-refractivity contribution in [2.45, 2.75) is 330 Å². The van der Waals surface area contributed by atoms with Crippen molar-refractivity contribution >= 4 is 13.8 Å². The van der Waals surface area contributed by atoms with Gasteiger partial charge in [-0.25, -0.2) is 4.57 Å². The smallest absolute Gasteiger partial charge is 0.463 e. The predicted octanol–water partition coefficient (Wildman–Crippen LogP) is -11.0. The second kappa shape index (κ2) is 42.9. The third kappa shape index (κ3) is 24.1. The van der Waals surface area contributed by atoms with Crippen LogP contribution in [0.4, 0.5) is 0 Å². The molecule has 6 saturated heterocycles. The molecule has 6 heterocycles. The number of aliphatic hydroxyl groups is 24. The van der Waals surface area contributed by atoms with E-state index < -0.39 is 294 Å². The molecule has 616 valence electrons.